The Morgan fingerprint density at radius 2 is 1.80 bits per heavy atom. The summed E-state index contributed by atoms with van der Waals surface area (Å²) in [6, 6.07) is 0. The molecular weight excluding hydrogens is 174 g/mol. The molecule has 0 amide bonds. The highest BCUT2D eigenvalue weighted by atomic mass is 35.7. The van der Waals surface area contributed by atoms with Gasteiger partial charge in [-0.05, 0) is 13.8 Å². The predicted molar refractivity (Wildman–Crippen MR) is 36.4 cm³/mol. The van der Waals surface area contributed by atoms with E-state index < -0.39 is 12.4 Å². The van der Waals surface area contributed by atoms with Gasteiger partial charge in [0.2, 0.25) is 0 Å². The largest absolute Gasteiger partial charge is 0.424 e. The Morgan fingerprint density at radius 1 is 1.40 bits per heavy atom. The topological polar surface area (TPSA) is 35.5 Å². The maximum absolute atomic E-state index is 10.7. The zero-order valence-corrected chi connectivity index (χ0v) is 6.77. The molecule has 1 fully saturated rings. The third kappa shape index (κ3) is 2.24. The average Bonchev–Trinajstić information content (AvgIpc) is 1.79. The van der Waals surface area contributed by atoms with Crippen molar-refractivity contribution in [3.8, 4) is 0 Å². The third-order valence-electron chi connectivity index (χ3n) is 0.975. The van der Waals surface area contributed by atoms with E-state index in [1.165, 1.54) is 0 Å². The molecule has 1 saturated heterocycles. The van der Waals surface area contributed by atoms with Gasteiger partial charge in [-0.15, -0.1) is 0 Å². The molecule has 56 valence electrons. The normalized spacial score (nSPS) is 29.9. The van der Waals surface area contributed by atoms with Gasteiger partial charge in [0.1, 0.15) is 0 Å². The van der Waals surface area contributed by atoms with Gasteiger partial charge in [0.15, 0.2) is 0 Å². The van der Waals surface area contributed by atoms with E-state index in [4.69, 9.17) is 25.1 Å². The lowest BCUT2D eigenvalue weighted by molar-refractivity contribution is 0.0815. The van der Waals surface area contributed by atoms with Gasteiger partial charge >= 0.3 is 6.95 Å². The fourth-order valence-corrected chi connectivity index (χ4v) is 1.63. The van der Waals surface area contributed by atoms with Gasteiger partial charge in [0.05, 0.1) is 13.2 Å². The van der Waals surface area contributed by atoms with Crippen LogP contribution in [0.15, 0.2) is 0 Å². The van der Waals surface area contributed by atoms with Crippen LogP contribution in [0.5, 0.6) is 0 Å². The number of hydrogen-bond donors (Lipinski definition) is 0. The van der Waals surface area contributed by atoms with Crippen LogP contribution >= 0.6 is 18.2 Å². The molecule has 0 aromatic heterocycles. The molecule has 1 rings (SSSR count). The van der Waals surface area contributed by atoms with Gasteiger partial charge in [-0.2, -0.15) is 0 Å². The van der Waals surface area contributed by atoms with E-state index in [1.54, 1.807) is 0 Å². The van der Waals surface area contributed by atoms with Crippen LogP contribution in [-0.2, 0) is 13.6 Å². The summed E-state index contributed by atoms with van der Waals surface area (Å²) in [5.41, 5.74) is -1.07. The van der Waals surface area contributed by atoms with Crippen molar-refractivity contribution in [1.29, 1.82) is 0 Å². The van der Waals surface area contributed by atoms with Crippen LogP contribution in [0, 0.1) is 19.3 Å². The molecule has 0 atom stereocenters. The summed E-state index contributed by atoms with van der Waals surface area (Å²) < 4.78 is 19.8. The molecule has 0 saturated carbocycles. The van der Waals surface area contributed by atoms with Crippen molar-refractivity contribution in [2.75, 3.05) is 13.2 Å². The van der Waals surface area contributed by atoms with E-state index in [1.807, 2.05) is 0 Å². The van der Waals surface area contributed by atoms with Crippen LogP contribution in [0.25, 0.3) is 0 Å². The molecule has 0 spiro atoms. The quantitative estimate of drug-likeness (QED) is 0.533. The van der Waals surface area contributed by atoms with Crippen molar-refractivity contribution in [2.24, 2.45) is 5.41 Å². The Bertz CT molecular complexity index is 166. The molecule has 1 aliphatic heterocycles. The molecule has 0 aromatic rings. The Balaban J connectivity index is 2.54. The van der Waals surface area contributed by atoms with Crippen molar-refractivity contribution < 1.29 is 13.6 Å². The van der Waals surface area contributed by atoms with Crippen LogP contribution in [0.2, 0.25) is 0 Å². The molecule has 3 nitrogen and oxygen atoms in total. The number of rotatable bonds is 0. The lowest BCUT2D eigenvalue weighted by Crippen LogP contribution is -2.28. The van der Waals surface area contributed by atoms with Crippen LogP contribution in [-0.4, -0.2) is 13.2 Å². The van der Waals surface area contributed by atoms with Crippen LogP contribution < -0.4 is 0 Å². The zero-order chi connectivity index (χ0) is 7.83. The molecule has 0 bridgehead atoms. The average molecular weight is 181 g/mol. The first-order chi connectivity index (χ1) is 4.41. The molecule has 5 heteroatoms. The summed E-state index contributed by atoms with van der Waals surface area (Å²) in [5.74, 6) is 0. The first kappa shape index (κ1) is 8.54. The summed E-state index contributed by atoms with van der Waals surface area (Å²) in [7, 11) is 0. The molecule has 0 aliphatic carbocycles. The Hall–Kier alpha value is 0.440. The van der Waals surface area contributed by atoms with Crippen molar-refractivity contribution >= 4 is 18.2 Å². The molecule has 1 heterocycles. The van der Waals surface area contributed by atoms with Crippen molar-refractivity contribution in [2.45, 2.75) is 0 Å². The molecule has 0 N–H and O–H groups in total. The SMILES string of the molecule is [CH]C1([CH])COP(=O)(Cl)OC1. The van der Waals surface area contributed by atoms with E-state index in [0.717, 1.165) is 0 Å². The second-order valence-electron chi connectivity index (χ2n) is 2.21. The van der Waals surface area contributed by atoms with E-state index in [-0.39, 0.29) is 13.2 Å². The lowest BCUT2D eigenvalue weighted by atomic mass is 9.97. The molecule has 1 aliphatic rings. The van der Waals surface area contributed by atoms with Gasteiger partial charge in [-0.1, -0.05) is 0 Å². The summed E-state index contributed by atoms with van der Waals surface area (Å²) in [5, 5.41) is 0. The van der Waals surface area contributed by atoms with Gasteiger partial charge in [0, 0.05) is 16.7 Å². The van der Waals surface area contributed by atoms with Crippen LogP contribution in [0.4, 0.5) is 0 Å². The Kier molecular flexibility index (Phi) is 2.12. The second-order valence-corrected chi connectivity index (χ2v) is 4.83. The van der Waals surface area contributed by atoms with Crippen molar-refractivity contribution in [3.05, 3.63) is 13.8 Å². The highest BCUT2D eigenvalue weighted by Gasteiger charge is 2.35. The van der Waals surface area contributed by atoms with Gasteiger partial charge < -0.3 is 0 Å². The van der Waals surface area contributed by atoms with E-state index in [0.29, 0.717) is 0 Å². The number of halogens is 1. The highest BCUT2D eigenvalue weighted by Crippen LogP contribution is 2.57. The minimum absolute atomic E-state index is 0.0478. The maximum atomic E-state index is 10.7. The molecular formula is C5H6ClO3P. The summed E-state index contributed by atoms with van der Waals surface area (Å²) in [6.07, 6.45) is 0. The van der Waals surface area contributed by atoms with Gasteiger partial charge in [-0.25, -0.2) is 4.57 Å². The monoisotopic (exact) mass is 180 g/mol. The molecule has 0 unspecified atom stereocenters. The predicted octanol–water partition coefficient (Wildman–Crippen LogP) is 1.79. The summed E-state index contributed by atoms with van der Waals surface area (Å²) in [4.78, 5) is 0. The summed E-state index contributed by atoms with van der Waals surface area (Å²) >= 11 is 5.20. The highest BCUT2D eigenvalue weighted by molar-refractivity contribution is 7.81. The molecule has 4 radical (unpaired) electrons. The lowest BCUT2D eigenvalue weighted by Gasteiger charge is -2.30. The summed E-state index contributed by atoms with van der Waals surface area (Å²) in [6.45, 7) is 7.24. The van der Waals surface area contributed by atoms with E-state index in [2.05, 4.69) is 9.05 Å². The molecule has 0 aromatic carbocycles. The fourth-order valence-electron chi connectivity index (χ4n) is 0.473. The van der Waals surface area contributed by atoms with E-state index >= 15 is 0 Å². The minimum atomic E-state index is -3.35. The molecule has 10 heavy (non-hydrogen) atoms. The maximum Gasteiger partial charge on any atom is 0.424 e. The smallest absolute Gasteiger partial charge is 0.296 e. The first-order valence-electron chi connectivity index (χ1n) is 2.58. The van der Waals surface area contributed by atoms with Crippen LogP contribution in [0.1, 0.15) is 0 Å². The minimum Gasteiger partial charge on any atom is -0.296 e. The number of hydrogen-bond acceptors (Lipinski definition) is 3. The standard InChI is InChI=1S/C5H6ClO3P/c1-5(2)3-8-10(6,7)9-4-5/h1-2H,3-4H2. The fraction of sp³-hybridized carbons (Fsp3) is 0.600. The van der Waals surface area contributed by atoms with E-state index in [9.17, 15) is 4.57 Å². The van der Waals surface area contributed by atoms with Gasteiger partial charge in [-0.3, -0.25) is 9.05 Å². The van der Waals surface area contributed by atoms with Crippen molar-refractivity contribution in [1.82, 2.24) is 0 Å². The zero-order valence-electron chi connectivity index (χ0n) is 5.12. The van der Waals surface area contributed by atoms with Gasteiger partial charge in [0.25, 0.3) is 0 Å². The second kappa shape index (κ2) is 2.49. The Labute approximate surface area is 65.0 Å². The first-order valence-corrected chi connectivity index (χ1v) is 5.03. The van der Waals surface area contributed by atoms with Crippen molar-refractivity contribution in [3.63, 3.8) is 0 Å². The van der Waals surface area contributed by atoms with Crippen LogP contribution in [0.3, 0.4) is 0 Å². The third-order valence-corrected chi connectivity index (χ3v) is 2.44. The Morgan fingerprint density at radius 3 is 2.10 bits per heavy atom.